The highest BCUT2D eigenvalue weighted by atomic mass is 16.4. The molecule has 0 saturated heterocycles. The minimum atomic E-state index is -1.17. The Morgan fingerprint density at radius 2 is 1.96 bits per heavy atom. The molecular formula is C16H22N6O4. The van der Waals surface area contributed by atoms with Gasteiger partial charge in [-0.1, -0.05) is 13.8 Å². The van der Waals surface area contributed by atoms with Crippen LogP contribution in [0, 0.1) is 5.92 Å². The van der Waals surface area contributed by atoms with E-state index in [1.54, 1.807) is 14.0 Å². The van der Waals surface area contributed by atoms with E-state index in [1.165, 1.54) is 27.8 Å². The van der Waals surface area contributed by atoms with Crippen molar-refractivity contribution in [3.63, 3.8) is 0 Å². The second kappa shape index (κ2) is 7.81. The number of nitrogens with zero attached hydrogens (tertiary/aromatic N) is 4. The van der Waals surface area contributed by atoms with Gasteiger partial charge in [-0.25, -0.2) is 4.79 Å². The number of carboxylic acid groups (broad SMARTS) is 1. The minimum Gasteiger partial charge on any atom is -0.476 e. The Morgan fingerprint density at radius 1 is 1.27 bits per heavy atom. The first-order chi connectivity index (χ1) is 12.2. The van der Waals surface area contributed by atoms with E-state index >= 15 is 0 Å². The molecule has 0 radical (unpaired) electrons. The molecular weight excluding hydrogens is 340 g/mol. The number of hydrogen-bond acceptors (Lipinski definition) is 5. The third kappa shape index (κ3) is 4.26. The van der Waals surface area contributed by atoms with E-state index < -0.39 is 17.9 Å². The normalized spacial score (nSPS) is 12.0. The van der Waals surface area contributed by atoms with Crippen LogP contribution >= 0.6 is 0 Å². The van der Waals surface area contributed by atoms with Crippen molar-refractivity contribution in [1.82, 2.24) is 24.9 Å². The number of aromatic nitrogens is 4. The number of carbonyl (C=O) groups excluding carboxylic acids is 2. The van der Waals surface area contributed by atoms with E-state index in [0.29, 0.717) is 6.54 Å². The average molecular weight is 362 g/mol. The van der Waals surface area contributed by atoms with Crippen molar-refractivity contribution < 1.29 is 19.5 Å². The zero-order valence-electron chi connectivity index (χ0n) is 15.1. The lowest BCUT2D eigenvalue weighted by molar-refractivity contribution is -0.119. The fourth-order valence-electron chi connectivity index (χ4n) is 2.20. The fourth-order valence-corrected chi connectivity index (χ4v) is 2.20. The van der Waals surface area contributed by atoms with Crippen LogP contribution in [0.5, 0.6) is 0 Å². The van der Waals surface area contributed by atoms with Crippen molar-refractivity contribution >= 4 is 23.5 Å². The largest absolute Gasteiger partial charge is 0.476 e. The predicted octanol–water partition coefficient (Wildman–Crippen LogP) is 0.900. The number of hydrogen-bond donors (Lipinski definition) is 3. The molecule has 2 heterocycles. The third-order valence-corrected chi connectivity index (χ3v) is 3.69. The number of aryl methyl sites for hydroxylation is 1. The number of carbonyl (C=O) groups is 3. The smallest absolute Gasteiger partial charge is 0.356 e. The minimum absolute atomic E-state index is 0.153. The maximum Gasteiger partial charge on any atom is 0.356 e. The van der Waals surface area contributed by atoms with Crippen molar-refractivity contribution in [1.29, 1.82) is 0 Å². The number of aromatic carboxylic acids is 1. The van der Waals surface area contributed by atoms with Gasteiger partial charge in [-0.05, 0) is 18.9 Å². The van der Waals surface area contributed by atoms with Crippen molar-refractivity contribution in [2.24, 2.45) is 13.0 Å². The molecule has 26 heavy (non-hydrogen) atoms. The first kappa shape index (κ1) is 19.2. The first-order valence-electron chi connectivity index (χ1n) is 8.10. The molecule has 2 rings (SSSR count). The SMILES string of the molecule is CC(C)CNC(=O)c1c(NC(=O)C(C)n2ccc(C(=O)O)n2)cnn1C. The molecule has 10 heteroatoms. The zero-order chi connectivity index (χ0) is 19.4. The molecule has 0 bridgehead atoms. The van der Waals surface area contributed by atoms with Crippen LogP contribution in [0.1, 0.15) is 47.8 Å². The van der Waals surface area contributed by atoms with Crippen LogP contribution < -0.4 is 10.6 Å². The molecule has 0 aliphatic rings. The molecule has 10 nitrogen and oxygen atoms in total. The lowest BCUT2D eigenvalue weighted by Crippen LogP contribution is -2.31. The molecule has 140 valence electrons. The highest BCUT2D eigenvalue weighted by Crippen LogP contribution is 2.17. The lowest BCUT2D eigenvalue weighted by atomic mass is 10.2. The molecule has 1 unspecified atom stereocenters. The van der Waals surface area contributed by atoms with Gasteiger partial charge in [-0.2, -0.15) is 10.2 Å². The van der Waals surface area contributed by atoms with Gasteiger partial charge >= 0.3 is 5.97 Å². The van der Waals surface area contributed by atoms with Gasteiger partial charge in [0.25, 0.3) is 5.91 Å². The summed E-state index contributed by atoms with van der Waals surface area (Å²) >= 11 is 0. The van der Waals surface area contributed by atoms with Crippen molar-refractivity contribution in [3.05, 3.63) is 29.8 Å². The summed E-state index contributed by atoms with van der Waals surface area (Å²) < 4.78 is 2.63. The number of anilines is 1. The highest BCUT2D eigenvalue weighted by molar-refractivity contribution is 6.03. The van der Waals surface area contributed by atoms with Gasteiger partial charge in [0.15, 0.2) is 5.69 Å². The summed E-state index contributed by atoms with van der Waals surface area (Å²) in [7, 11) is 1.61. The highest BCUT2D eigenvalue weighted by Gasteiger charge is 2.22. The van der Waals surface area contributed by atoms with Gasteiger partial charge < -0.3 is 15.7 Å². The molecule has 0 aromatic carbocycles. The van der Waals surface area contributed by atoms with E-state index in [0.717, 1.165) is 0 Å². The Balaban J connectivity index is 2.13. The quantitative estimate of drug-likeness (QED) is 0.671. The first-order valence-corrected chi connectivity index (χ1v) is 8.10. The number of amides is 2. The van der Waals surface area contributed by atoms with E-state index in [2.05, 4.69) is 20.8 Å². The van der Waals surface area contributed by atoms with Crippen LogP contribution in [-0.2, 0) is 11.8 Å². The second-order valence-electron chi connectivity index (χ2n) is 6.29. The van der Waals surface area contributed by atoms with Crippen LogP contribution in [0.3, 0.4) is 0 Å². The molecule has 0 spiro atoms. The topological polar surface area (TPSA) is 131 Å². The Labute approximate surface area is 150 Å². The number of rotatable bonds is 7. The summed E-state index contributed by atoms with van der Waals surface area (Å²) in [5.41, 5.74) is 0.355. The van der Waals surface area contributed by atoms with Gasteiger partial charge in [0.2, 0.25) is 5.91 Å². The predicted molar refractivity (Wildman–Crippen MR) is 92.9 cm³/mol. The van der Waals surface area contributed by atoms with E-state index in [1.807, 2.05) is 13.8 Å². The number of nitrogens with one attached hydrogen (secondary N) is 2. The third-order valence-electron chi connectivity index (χ3n) is 3.69. The average Bonchev–Trinajstić information content (AvgIpc) is 3.19. The molecule has 0 aliphatic carbocycles. The van der Waals surface area contributed by atoms with Gasteiger partial charge in [-0.15, -0.1) is 0 Å². The standard InChI is InChI=1S/C16H22N6O4/c1-9(2)7-17-15(24)13-12(8-18-21(13)4)19-14(23)10(3)22-6-5-11(20-22)16(25)26/h5-6,8-10H,7H2,1-4H3,(H,17,24)(H,19,23)(H,25,26). The van der Waals surface area contributed by atoms with Crippen molar-refractivity contribution in [2.45, 2.75) is 26.8 Å². The Bertz CT molecular complexity index is 823. The Hall–Kier alpha value is -3.17. The van der Waals surface area contributed by atoms with Gasteiger partial charge in [0, 0.05) is 19.8 Å². The summed E-state index contributed by atoms with van der Waals surface area (Å²) in [6.45, 7) is 6.02. The number of carboxylic acids is 1. The summed E-state index contributed by atoms with van der Waals surface area (Å²) in [5, 5.41) is 22.2. The Morgan fingerprint density at radius 3 is 2.54 bits per heavy atom. The van der Waals surface area contributed by atoms with Crippen LogP contribution in [-0.4, -0.2) is 49.0 Å². The summed E-state index contributed by atoms with van der Waals surface area (Å²) in [6, 6.07) is 0.538. The summed E-state index contributed by atoms with van der Waals surface area (Å²) in [4.78, 5) is 35.7. The zero-order valence-corrected chi connectivity index (χ0v) is 15.1. The van der Waals surface area contributed by atoms with Gasteiger partial charge in [-0.3, -0.25) is 19.0 Å². The van der Waals surface area contributed by atoms with E-state index in [9.17, 15) is 14.4 Å². The molecule has 2 aromatic heterocycles. The summed E-state index contributed by atoms with van der Waals surface area (Å²) in [5.74, 6) is -1.67. The fraction of sp³-hybridized carbons (Fsp3) is 0.438. The maximum absolute atomic E-state index is 12.5. The van der Waals surface area contributed by atoms with E-state index in [-0.39, 0.29) is 28.9 Å². The van der Waals surface area contributed by atoms with Crippen LogP contribution in [0.15, 0.2) is 18.5 Å². The van der Waals surface area contributed by atoms with Crippen LogP contribution in [0.4, 0.5) is 5.69 Å². The lowest BCUT2D eigenvalue weighted by Gasteiger charge is -2.13. The molecule has 3 N–H and O–H groups in total. The van der Waals surface area contributed by atoms with Crippen molar-refractivity contribution in [2.75, 3.05) is 11.9 Å². The van der Waals surface area contributed by atoms with Gasteiger partial charge in [0.05, 0.1) is 11.9 Å². The summed E-state index contributed by atoms with van der Waals surface area (Å²) in [6.07, 6.45) is 2.80. The van der Waals surface area contributed by atoms with Crippen LogP contribution in [0.2, 0.25) is 0 Å². The molecule has 0 aliphatic heterocycles. The van der Waals surface area contributed by atoms with Gasteiger partial charge in [0.1, 0.15) is 11.7 Å². The molecule has 2 amide bonds. The second-order valence-corrected chi connectivity index (χ2v) is 6.29. The molecule has 0 fully saturated rings. The van der Waals surface area contributed by atoms with Crippen LogP contribution in [0.25, 0.3) is 0 Å². The Kier molecular flexibility index (Phi) is 5.75. The van der Waals surface area contributed by atoms with E-state index in [4.69, 9.17) is 5.11 Å². The monoisotopic (exact) mass is 362 g/mol. The van der Waals surface area contributed by atoms with Crippen molar-refractivity contribution in [3.8, 4) is 0 Å². The molecule has 1 atom stereocenters. The molecule has 0 saturated carbocycles. The maximum atomic E-state index is 12.5. The molecule has 2 aromatic rings.